The van der Waals surface area contributed by atoms with Crippen LogP contribution in [0.15, 0.2) is 85.5 Å². The molecular weight excluding hydrogens is 585 g/mol. The van der Waals surface area contributed by atoms with Gasteiger partial charge in [-0.2, -0.15) is 0 Å². The van der Waals surface area contributed by atoms with Gasteiger partial charge in [0.1, 0.15) is 0 Å². The monoisotopic (exact) mass is 632 g/mol. The van der Waals surface area contributed by atoms with Crippen LogP contribution in [-0.2, 0) is 0 Å². The molecule has 0 N–H and O–H groups in total. The van der Waals surface area contributed by atoms with Crippen molar-refractivity contribution < 1.29 is 0 Å². The molecule has 0 saturated heterocycles. The fraction of sp³-hybridized carbons (Fsp3) is 0.364. The molecule has 0 atom stereocenters. The highest BCUT2D eigenvalue weighted by atomic mass is 15.0. The number of nitrogens with zero attached hydrogens (tertiary/aromatic N) is 4. The van der Waals surface area contributed by atoms with E-state index in [-0.39, 0.29) is 0 Å². The zero-order chi connectivity index (χ0) is 32.8. The summed E-state index contributed by atoms with van der Waals surface area (Å²) in [6.07, 6.45) is 21.2. The van der Waals surface area contributed by atoms with Crippen LogP contribution in [0.2, 0.25) is 0 Å². The van der Waals surface area contributed by atoms with Crippen molar-refractivity contribution in [1.82, 2.24) is 19.1 Å². The number of fused-ring (bicyclic) bond motifs is 6. The summed E-state index contributed by atoms with van der Waals surface area (Å²) in [5.41, 5.74) is 13.1. The third-order valence-electron chi connectivity index (χ3n) is 11.3. The Morgan fingerprint density at radius 2 is 0.875 bits per heavy atom. The van der Waals surface area contributed by atoms with E-state index in [1.165, 1.54) is 141 Å². The maximum Gasteiger partial charge on any atom is 0.0525 e. The Kier molecular flexibility index (Phi) is 8.28. The molecule has 3 aromatic carbocycles. The van der Waals surface area contributed by atoms with Gasteiger partial charge in [0.15, 0.2) is 0 Å². The molecule has 0 radical (unpaired) electrons. The van der Waals surface area contributed by atoms with Crippen LogP contribution >= 0.6 is 0 Å². The van der Waals surface area contributed by atoms with E-state index in [0.717, 1.165) is 0 Å². The number of pyridine rings is 2. The molecule has 48 heavy (non-hydrogen) atoms. The fourth-order valence-corrected chi connectivity index (χ4v) is 9.03. The second kappa shape index (κ2) is 12.9. The third-order valence-corrected chi connectivity index (χ3v) is 11.3. The molecule has 2 aliphatic rings. The zero-order valence-corrected chi connectivity index (χ0v) is 29.1. The minimum absolute atomic E-state index is 0.579. The molecule has 0 amide bonds. The molecule has 0 aliphatic heterocycles. The SMILES string of the molecule is CC.Cc1cc(-c2ccc3c(c2)c2cnccc2n3C2CCCCC2)c(C)cc1-c1ccc2c(c1)c1cnccc1n2C1CCCCC1. The van der Waals surface area contributed by atoms with Gasteiger partial charge in [-0.1, -0.05) is 76.6 Å². The van der Waals surface area contributed by atoms with Crippen molar-refractivity contribution in [3.05, 3.63) is 96.6 Å². The van der Waals surface area contributed by atoms with Crippen molar-refractivity contribution in [2.75, 3.05) is 0 Å². The predicted molar refractivity (Wildman–Crippen MR) is 204 cm³/mol. The first kappa shape index (κ1) is 30.9. The molecule has 0 bridgehead atoms. The van der Waals surface area contributed by atoms with E-state index in [4.69, 9.17) is 0 Å². The lowest BCUT2D eigenvalue weighted by molar-refractivity contribution is 0.367. The van der Waals surface area contributed by atoms with E-state index in [2.05, 4.69) is 106 Å². The van der Waals surface area contributed by atoms with Crippen LogP contribution < -0.4 is 0 Å². The molecular formula is C44H48N4. The minimum atomic E-state index is 0.579. The summed E-state index contributed by atoms with van der Waals surface area (Å²) in [6.45, 7) is 8.54. The van der Waals surface area contributed by atoms with Crippen LogP contribution in [0.1, 0.15) is 101 Å². The molecule has 4 heteroatoms. The van der Waals surface area contributed by atoms with Crippen LogP contribution in [0.3, 0.4) is 0 Å². The average Bonchev–Trinajstić information content (AvgIpc) is 3.66. The lowest BCUT2D eigenvalue weighted by Crippen LogP contribution is -2.12. The van der Waals surface area contributed by atoms with Gasteiger partial charge in [-0.25, -0.2) is 0 Å². The van der Waals surface area contributed by atoms with E-state index in [1.54, 1.807) is 0 Å². The van der Waals surface area contributed by atoms with Crippen molar-refractivity contribution in [3.63, 3.8) is 0 Å². The third kappa shape index (κ3) is 5.12. The molecule has 0 spiro atoms. The second-order valence-electron chi connectivity index (χ2n) is 14.1. The highest BCUT2D eigenvalue weighted by Gasteiger charge is 2.23. The second-order valence-corrected chi connectivity index (χ2v) is 14.1. The van der Waals surface area contributed by atoms with E-state index in [1.807, 2.05) is 26.2 Å². The van der Waals surface area contributed by atoms with Gasteiger partial charge in [-0.15, -0.1) is 0 Å². The van der Waals surface area contributed by atoms with Crippen LogP contribution in [0.5, 0.6) is 0 Å². The van der Waals surface area contributed by atoms with E-state index in [0.29, 0.717) is 12.1 Å². The highest BCUT2D eigenvalue weighted by Crippen LogP contribution is 2.42. The summed E-state index contributed by atoms with van der Waals surface area (Å²) in [4.78, 5) is 9.10. The summed E-state index contributed by atoms with van der Waals surface area (Å²) >= 11 is 0. The van der Waals surface area contributed by atoms with E-state index < -0.39 is 0 Å². The Balaban J connectivity index is 0.00000165. The molecule has 244 valence electrons. The Hall–Kier alpha value is -4.44. The molecule has 2 aliphatic carbocycles. The molecule has 2 fully saturated rings. The summed E-state index contributed by atoms with van der Waals surface area (Å²) in [5, 5.41) is 5.18. The summed E-state index contributed by atoms with van der Waals surface area (Å²) in [5.74, 6) is 0. The molecule has 2 saturated carbocycles. The van der Waals surface area contributed by atoms with Gasteiger partial charge in [0.25, 0.3) is 0 Å². The lowest BCUT2D eigenvalue weighted by atomic mass is 9.91. The maximum atomic E-state index is 4.55. The minimum Gasteiger partial charge on any atom is -0.337 e. The first-order valence-corrected chi connectivity index (χ1v) is 18.5. The average molecular weight is 633 g/mol. The first-order chi connectivity index (χ1) is 23.7. The van der Waals surface area contributed by atoms with Crippen LogP contribution in [0.25, 0.3) is 65.9 Å². The van der Waals surface area contributed by atoms with Crippen LogP contribution in [0, 0.1) is 13.8 Å². The van der Waals surface area contributed by atoms with Crippen molar-refractivity contribution in [2.24, 2.45) is 0 Å². The number of hydrogen-bond acceptors (Lipinski definition) is 2. The Labute approximate surface area is 284 Å². The smallest absolute Gasteiger partial charge is 0.0525 e. The topological polar surface area (TPSA) is 35.6 Å². The van der Waals surface area contributed by atoms with Crippen molar-refractivity contribution in [2.45, 2.75) is 104 Å². The Morgan fingerprint density at radius 3 is 1.29 bits per heavy atom. The maximum absolute atomic E-state index is 4.55. The number of benzene rings is 3. The van der Waals surface area contributed by atoms with Gasteiger partial charge in [0.05, 0.1) is 11.0 Å². The first-order valence-electron chi connectivity index (χ1n) is 18.5. The van der Waals surface area contributed by atoms with Gasteiger partial charge in [0.2, 0.25) is 0 Å². The zero-order valence-electron chi connectivity index (χ0n) is 29.1. The van der Waals surface area contributed by atoms with Crippen LogP contribution in [0.4, 0.5) is 0 Å². The number of aromatic nitrogens is 4. The Morgan fingerprint density at radius 1 is 0.479 bits per heavy atom. The van der Waals surface area contributed by atoms with Gasteiger partial charge in [-0.3, -0.25) is 9.97 Å². The van der Waals surface area contributed by atoms with E-state index in [9.17, 15) is 0 Å². The standard InChI is InChI=1S/C42H42N4.C2H6/c1-27-21-34(30-14-16-40-36(24-30)38-26-44-20-18-42(38)46(40)32-11-7-4-8-12-32)28(2)22-33(27)29-13-15-39-35(23-29)37-25-43-19-17-41(37)45(39)31-9-5-3-6-10-31;1-2/h13-26,31-32H,3-12H2,1-2H3;1-2H3. The largest absolute Gasteiger partial charge is 0.337 e. The van der Waals surface area contributed by atoms with Crippen LogP contribution in [-0.4, -0.2) is 19.1 Å². The number of hydrogen-bond donors (Lipinski definition) is 0. The summed E-state index contributed by atoms with van der Waals surface area (Å²) < 4.78 is 5.24. The Bertz CT molecular complexity index is 2090. The van der Waals surface area contributed by atoms with Gasteiger partial charge in [0, 0.05) is 69.4 Å². The van der Waals surface area contributed by atoms with Gasteiger partial charge in [-0.05, 0) is 109 Å². The molecule has 4 aromatic heterocycles. The molecule has 4 nitrogen and oxygen atoms in total. The molecule has 0 unspecified atom stereocenters. The summed E-state index contributed by atoms with van der Waals surface area (Å²) in [6, 6.07) is 24.6. The van der Waals surface area contributed by atoms with Gasteiger partial charge >= 0.3 is 0 Å². The van der Waals surface area contributed by atoms with E-state index >= 15 is 0 Å². The number of rotatable bonds is 4. The number of aryl methyl sites for hydroxylation is 2. The quantitative estimate of drug-likeness (QED) is 0.193. The summed E-state index contributed by atoms with van der Waals surface area (Å²) in [7, 11) is 0. The van der Waals surface area contributed by atoms with Crippen molar-refractivity contribution in [1.29, 1.82) is 0 Å². The predicted octanol–water partition coefficient (Wildman–Crippen LogP) is 12.7. The lowest BCUT2D eigenvalue weighted by Gasteiger charge is -2.25. The van der Waals surface area contributed by atoms with Gasteiger partial charge < -0.3 is 9.13 Å². The fourth-order valence-electron chi connectivity index (χ4n) is 9.03. The normalized spacial score (nSPS) is 16.2. The molecule has 7 aromatic rings. The molecule has 9 rings (SSSR count). The van der Waals surface area contributed by atoms with Crippen molar-refractivity contribution >= 4 is 43.6 Å². The highest BCUT2D eigenvalue weighted by molar-refractivity contribution is 6.10. The molecule has 4 heterocycles. The van der Waals surface area contributed by atoms with Crippen molar-refractivity contribution in [3.8, 4) is 22.3 Å².